The summed E-state index contributed by atoms with van der Waals surface area (Å²) >= 11 is 1.87. The fraction of sp³-hybridized carbons (Fsp3) is 0. The maximum atomic E-state index is 12.1. The minimum atomic E-state index is -0.234. The molecule has 2 aromatic rings. The van der Waals surface area contributed by atoms with E-state index in [1.807, 2.05) is 83.3 Å². The van der Waals surface area contributed by atoms with Crippen molar-refractivity contribution in [1.29, 1.82) is 0 Å². The maximum Gasteiger partial charge on any atom is 0.308 e. The highest BCUT2D eigenvalue weighted by molar-refractivity contribution is 14.1. The molecule has 0 saturated carbocycles. The van der Waals surface area contributed by atoms with Gasteiger partial charge in [0, 0.05) is 39.9 Å². The van der Waals surface area contributed by atoms with E-state index in [1.165, 1.54) is 0 Å². The second-order valence-corrected chi connectivity index (χ2v) is 4.07. The molecule has 3 heteroatoms. The van der Waals surface area contributed by atoms with Crippen molar-refractivity contribution in [2.75, 3.05) is 4.90 Å². The molecule has 88 valence electrons. The molecule has 0 bridgehead atoms. The number of hydrogen-bond donors (Lipinski definition) is 0. The molecular formula is C15H10INO. The Balaban J connectivity index is 2.47. The summed E-state index contributed by atoms with van der Waals surface area (Å²) in [6.45, 7) is 0. The zero-order valence-corrected chi connectivity index (χ0v) is 11.7. The quantitative estimate of drug-likeness (QED) is 0.599. The maximum absolute atomic E-state index is 12.1. The third-order valence-electron chi connectivity index (χ3n) is 2.39. The number of amides is 1. The normalized spacial score (nSPS) is 9.17. The van der Waals surface area contributed by atoms with Crippen molar-refractivity contribution in [3.05, 3.63) is 60.7 Å². The summed E-state index contributed by atoms with van der Waals surface area (Å²) < 4.78 is 2.62. The summed E-state index contributed by atoms with van der Waals surface area (Å²) in [7, 11) is 0. The van der Waals surface area contributed by atoms with Crippen molar-refractivity contribution in [3.63, 3.8) is 0 Å². The lowest BCUT2D eigenvalue weighted by atomic mass is 10.2. The first-order valence-electron chi connectivity index (χ1n) is 5.39. The molecule has 0 radical (unpaired) electrons. The Kier molecular flexibility index (Phi) is 4.37. The number of benzene rings is 2. The Morgan fingerprint density at radius 2 is 1.33 bits per heavy atom. The molecule has 0 aliphatic heterocycles. The highest BCUT2D eigenvalue weighted by Crippen LogP contribution is 2.24. The molecule has 0 aliphatic carbocycles. The van der Waals surface area contributed by atoms with Gasteiger partial charge in [-0.3, -0.25) is 9.69 Å². The molecule has 0 saturated heterocycles. The standard InChI is InChI=1S/C15H10INO/c16-12-11-15(18)17(13-7-3-1-4-8-13)14-9-5-2-6-10-14/h1-10H. The summed E-state index contributed by atoms with van der Waals surface area (Å²) in [5, 5.41) is 0. The number of rotatable bonds is 2. The summed E-state index contributed by atoms with van der Waals surface area (Å²) in [5.41, 5.74) is 1.63. The van der Waals surface area contributed by atoms with E-state index >= 15 is 0 Å². The van der Waals surface area contributed by atoms with Gasteiger partial charge in [0.25, 0.3) is 0 Å². The van der Waals surface area contributed by atoms with Crippen LogP contribution in [0.15, 0.2) is 60.7 Å². The first-order chi connectivity index (χ1) is 8.83. The van der Waals surface area contributed by atoms with Gasteiger partial charge in [0.05, 0.1) is 0 Å². The van der Waals surface area contributed by atoms with Crippen LogP contribution in [-0.4, -0.2) is 5.91 Å². The third-order valence-corrected chi connectivity index (χ3v) is 2.66. The summed E-state index contributed by atoms with van der Waals surface area (Å²) in [6.07, 6.45) is 0. The van der Waals surface area contributed by atoms with E-state index < -0.39 is 0 Å². The second-order valence-electron chi connectivity index (χ2n) is 3.53. The van der Waals surface area contributed by atoms with Crippen LogP contribution in [0.4, 0.5) is 11.4 Å². The fourth-order valence-electron chi connectivity index (χ4n) is 1.63. The SMILES string of the molecule is O=C(C#CI)N(c1ccccc1)c1ccccc1. The van der Waals surface area contributed by atoms with Gasteiger partial charge >= 0.3 is 5.91 Å². The van der Waals surface area contributed by atoms with Crippen LogP contribution in [0, 0.1) is 9.85 Å². The van der Waals surface area contributed by atoms with Crippen LogP contribution in [0.2, 0.25) is 0 Å². The van der Waals surface area contributed by atoms with Gasteiger partial charge < -0.3 is 0 Å². The molecule has 0 atom stereocenters. The molecular weight excluding hydrogens is 337 g/mol. The number of para-hydroxylation sites is 2. The number of anilines is 2. The van der Waals surface area contributed by atoms with Crippen LogP contribution in [0.1, 0.15) is 0 Å². The minimum Gasteiger partial charge on any atom is -0.270 e. The predicted molar refractivity (Wildman–Crippen MR) is 81.8 cm³/mol. The highest BCUT2D eigenvalue weighted by atomic mass is 127. The van der Waals surface area contributed by atoms with Crippen molar-refractivity contribution in [2.24, 2.45) is 0 Å². The van der Waals surface area contributed by atoms with Crippen molar-refractivity contribution < 1.29 is 4.79 Å². The van der Waals surface area contributed by atoms with Crippen molar-refractivity contribution in [2.45, 2.75) is 0 Å². The lowest BCUT2D eigenvalue weighted by molar-refractivity contribution is -0.112. The van der Waals surface area contributed by atoms with Crippen LogP contribution < -0.4 is 4.90 Å². The van der Waals surface area contributed by atoms with Crippen LogP contribution >= 0.6 is 22.6 Å². The topological polar surface area (TPSA) is 20.3 Å². The Morgan fingerprint density at radius 3 is 1.72 bits per heavy atom. The fourth-order valence-corrected chi connectivity index (χ4v) is 1.86. The Bertz CT molecular complexity index is 545. The van der Waals surface area contributed by atoms with Gasteiger partial charge in [-0.1, -0.05) is 36.4 Å². The van der Waals surface area contributed by atoms with E-state index in [9.17, 15) is 4.79 Å². The molecule has 0 N–H and O–H groups in total. The van der Waals surface area contributed by atoms with Gasteiger partial charge in [-0.25, -0.2) is 0 Å². The third kappa shape index (κ3) is 2.90. The first kappa shape index (κ1) is 12.7. The molecule has 0 fully saturated rings. The zero-order valence-electron chi connectivity index (χ0n) is 9.51. The molecule has 0 spiro atoms. The largest absolute Gasteiger partial charge is 0.308 e. The van der Waals surface area contributed by atoms with Crippen LogP contribution in [0.25, 0.3) is 0 Å². The Labute approximate surface area is 120 Å². The molecule has 0 aromatic heterocycles. The molecule has 18 heavy (non-hydrogen) atoms. The smallest absolute Gasteiger partial charge is 0.270 e. The Hall–Kier alpha value is -1.80. The van der Waals surface area contributed by atoms with Crippen molar-refractivity contribution >= 4 is 39.9 Å². The van der Waals surface area contributed by atoms with E-state index in [2.05, 4.69) is 9.85 Å². The zero-order chi connectivity index (χ0) is 12.8. The lowest BCUT2D eigenvalue weighted by Gasteiger charge is -2.20. The van der Waals surface area contributed by atoms with E-state index in [-0.39, 0.29) is 5.91 Å². The molecule has 2 nitrogen and oxygen atoms in total. The number of carbonyl (C=O) groups is 1. The molecule has 2 aromatic carbocycles. The first-order valence-corrected chi connectivity index (χ1v) is 6.46. The molecule has 0 aliphatic rings. The minimum absolute atomic E-state index is 0.234. The van der Waals surface area contributed by atoms with Crippen LogP contribution in [0.5, 0.6) is 0 Å². The van der Waals surface area contributed by atoms with E-state index in [0.717, 1.165) is 11.4 Å². The number of hydrogen-bond acceptors (Lipinski definition) is 1. The summed E-state index contributed by atoms with van der Waals surface area (Å²) in [5.74, 6) is 2.33. The van der Waals surface area contributed by atoms with Crippen LogP contribution in [0.3, 0.4) is 0 Å². The van der Waals surface area contributed by atoms with Gasteiger partial charge in [-0.05, 0) is 28.2 Å². The van der Waals surface area contributed by atoms with E-state index in [4.69, 9.17) is 0 Å². The predicted octanol–water partition coefficient (Wildman–Crippen LogP) is 3.75. The monoisotopic (exact) mass is 347 g/mol. The lowest BCUT2D eigenvalue weighted by Crippen LogP contribution is -2.23. The van der Waals surface area contributed by atoms with Crippen LogP contribution in [-0.2, 0) is 4.79 Å². The average molecular weight is 347 g/mol. The van der Waals surface area contributed by atoms with E-state index in [0.29, 0.717) is 0 Å². The number of halogens is 1. The van der Waals surface area contributed by atoms with Crippen molar-refractivity contribution in [3.8, 4) is 9.85 Å². The number of nitrogens with zero attached hydrogens (tertiary/aromatic N) is 1. The Morgan fingerprint density at radius 1 is 0.889 bits per heavy atom. The molecule has 2 rings (SSSR count). The van der Waals surface area contributed by atoms with Gasteiger partial charge in [-0.2, -0.15) is 0 Å². The van der Waals surface area contributed by atoms with Gasteiger partial charge in [-0.15, -0.1) is 0 Å². The van der Waals surface area contributed by atoms with Gasteiger partial charge in [0.2, 0.25) is 0 Å². The summed E-state index contributed by atoms with van der Waals surface area (Å²) in [4.78, 5) is 13.7. The number of carbonyl (C=O) groups excluding carboxylic acids is 1. The second kappa shape index (κ2) is 6.22. The van der Waals surface area contributed by atoms with Gasteiger partial charge in [0.15, 0.2) is 0 Å². The molecule has 0 heterocycles. The molecule has 0 unspecified atom stereocenters. The van der Waals surface area contributed by atoms with E-state index in [1.54, 1.807) is 4.90 Å². The highest BCUT2D eigenvalue weighted by Gasteiger charge is 2.15. The molecule has 1 amide bonds. The average Bonchev–Trinajstić information content (AvgIpc) is 2.42. The summed E-state index contributed by atoms with van der Waals surface area (Å²) in [6, 6.07) is 19.0. The van der Waals surface area contributed by atoms with Crippen molar-refractivity contribution in [1.82, 2.24) is 0 Å². The van der Waals surface area contributed by atoms with Gasteiger partial charge in [0.1, 0.15) is 0 Å².